The van der Waals surface area contributed by atoms with Gasteiger partial charge in [0.25, 0.3) is 0 Å². The molecule has 1 saturated heterocycles. The fraction of sp³-hybridized carbons (Fsp3) is 0.562. The highest BCUT2D eigenvalue weighted by molar-refractivity contribution is 5.98. The zero-order valence-electron chi connectivity index (χ0n) is 12.1. The molecular formula is C16H22NO2. The Morgan fingerprint density at radius 1 is 1.05 bits per heavy atom. The van der Waals surface area contributed by atoms with Crippen molar-refractivity contribution in [2.75, 3.05) is 0 Å². The molecule has 1 aliphatic rings. The van der Waals surface area contributed by atoms with Crippen LogP contribution in [0, 0.1) is 5.92 Å². The molecule has 1 radical (unpaired) electrons. The highest BCUT2D eigenvalue weighted by Crippen LogP contribution is 2.41. The number of hydrogen-bond donors (Lipinski definition) is 0. The lowest BCUT2D eigenvalue weighted by Gasteiger charge is -2.49. The minimum Gasteiger partial charge on any atom is -0.294 e. The number of ketones is 1. The van der Waals surface area contributed by atoms with Crippen molar-refractivity contribution >= 4 is 5.78 Å². The highest BCUT2D eigenvalue weighted by Gasteiger charge is 2.47. The standard InChI is InChI=1S/C16H22NO2/c1-15(2)10-13(11-16(3,4)17(15)19)14(18)12-8-6-5-7-9-12/h5-9,13H,10-11H2,1-4H3. The summed E-state index contributed by atoms with van der Waals surface area (Å²) in [6.07, 6.45) is 1.24. The van der Waals surface area contributed by atoms with Crippen LogP contribution in [-0.4, -0.2) is 21.9 Å². The molecule has 0 N–H and O–H groups in total. The first-order valence-electron chi connectivity index (χ1n) is 6.81. The van der Waals surface area contributed by atoms with Crippen molar-refractivity contribution in [2.45, 2.75) is 51.6 Å². The number of carbonyl (C=O) groups excluding carboxylic acids is 1. The van der Waals surface area contributed by atoms with Crippen LogP contribution in [0.5, 0.6) is 0 Å². The Balaban J connectivity index is 2.25. The maximum atomic E-state index is 12.6. The van der Waals surface area contributed by atoms with Gasteiger partial charge in [0.05, 0.1) is 0 Å². The molecule has 0 amide bonds. The maximum absolute atomic E-state index is 12.6. The molecule has 1 heterocycles. The highest BCUT2D eigenvalue weighted by atomic mass is 16.5. The zero-order chi connectivity index (χ0) is 14.3. The van der Waals surface area contributed by atoms with E-state index in [2.05, 4.69) is 0 Å². The Bertz CT molecular complexity index is 447. The quantitative estimate of drug-likeness (QED) is 0.764. The van der Waals surface area contributed by atoms with E-state index in [-0.39, 0.29) is 11.7 Å². The Kier molecular flexibility index (Phi) is 3.54. The summed E-state index contributed by atoms with van der Waals surface area (Å²) in [5.74, 6) is 0.0902. The minimum absolute atomic E-state index is 0.0717. The van der Waals surface area contributed by atoms with Crippen molar-refractivity contribution < 1.29 is 10.0 Å². The van der Waals surface area contributed by atoms with E-state index in [9.17, 15) is 10.0 Å². The molecule has 0 atom stereocenters. The Morgan fingerprint density at radius 3 is 2.00 bits per heavy atom. The summed E-state index contributed by atoms with van der Waals surface area (Å²) in [4.78, 5) is 12.6. The van der Waals surface area contributed by atoms with E-state index >= 15 is 0 Å². The normalized spacial score (nSPS) is 23.2. The first-order valence-corrected chi connectivity index (χ1v) is 6.81. The van der Waals surface area contributed by atoms with Crippen molar-refractivity contribution in [3.05, 3.63) is 35.9 Å². The van der Waals surface area contributed by atoms with Crippen LogP contribution >= 0.6 is 0 Å². The van der Waals surface area contributed by atoms with Crippen LogP contribution in [0.2, 0.25) is 0 Å². The summed E-state index contributed by atoms with van der Waals surface area (Å²) in [6, 6.07) is 9.38. The van der Waals surface area contributed by atoms with Gasteiger partial charge in [0.2, 0.25) is 0 Å². The Labute approximate surface area is 115 Å². The second-order valence-electron chi connectivity index (χ2n) is 6.75. The molecule has 0 unspecified atom stereocenters. The van der Waals surface area contributed by atoms with Gasteiger partial charge in [-0.25, -0.2) is 0 Å². The molecule has 3 heteroatoms. The predicted octanol–water partition coefficient (Wildman–Crippen LogP) is 3.48. The zero-order valence-corrected chi connectivity index (χ0v) is 12.1. The van der Waals surface area contributed by atoms with Gasteiger partial charge in [-0.3, -0.25) is 4.79 Å². The molecule has 0 aromatic heterocycles. The molecule has 103 valence electrons. The van der Waals surface area contributed by atoms with Crippen molar-refractivity contribution in [1.29, 1.82) is 0 Å². The largest absolute Gasteiger partial charge is 0.294 e. The molecule has 19 heavy (non-hydrogen) atoms. The smallest absolute Gasteiger partial charge is 0.166 e. The summed E-state index contributed by atoms with van der Waals surface area (Å²) in [6.45, 7) is 7.69. The number of nitrogens with zero attached hydrogens (tertiary/aromatic N) is 1. The van der Waals surface area contributed by atoms with E-state index in [1.807, 2.05) is 58.0 Å². The van der Waals surface area contributed by atoms with Gasteiger partial charge in [-0.1, -0.05) is 30.3 Å². The SMILES string of the molecule is CC1(C)CC(C(=O)c2ccccc2)CC(C)(C)N1[O]. The van der Waals surface area contributed by atoms with Crippen LogP contribution in [0.3, 0.4) is 0 Å². The van der Waals surface area contributed by atoms with Gasteiger partial charge in [0.1, 0.15) is 0 Å². The Morgan fingerprint density at radius 2 is 1.53 bits per heavy atom. The van der Waals surface area contributed by atoms with Crippen LogP contribution < -0.4 is 0 Å². The molecular weight excluding hydrogens is 238 g/mol. The Hall–Kier alpha value is -1.19. The number of hydroxylamine groups is 2. The van der Waals surface area contributed by atoms with Gasteiger partial charge in [-0.15, -0.1) is 10.3 Å². The summed E-state index contributed by atoms with van der Waals surface area (Å²) in [5, 5.41) is 13.4. The van der Waals surface area contributed by atoms with Crippen molar-refractivity contribution in [2.24, 2.45) is 5.92 Å². The molecule has 0 bridgehead atoms. The average Bonchev–Trinajstić information content (AvgIpc) is 2.35. The number of Topliss-reactive ketones (excluding diaryl/α,β-unsaturated/α-hetero) is 1. The fourth-order valence-electron chi connectivity index (χ4n) is 3.29. The van der Waals surface area contributed by atoms with Gasteiger partial charge in [-0.05, 0) is 40.5 Å². The molecule has 1 aliphatic heterocycles. The summed E-state index contributed by atoms with van der Waals surface area (Å²) in [7, 11) is 0. The molecule has 3 nitrogen and oxygen atoms in total. The maximum Gasteiger partial charge on any atom is 0.166 e. The van der Waals surface area contributed by atoms with Crippen molar-refractivity contribution in [3.63, 3.8) is 0 Å². The summed E-state index contributed by atoms with van der Waals surface area (Å²) < 4.78 is 0. The van der Waals surface area contributed by atoms with Gasteiger partial charge in [-0.2, -0.15) is 0 Å². The monoisotopic (exact) mass is 260 g/mol. The molecule has 0 saturated carbocycles. The molecule has 0 aliphatic carbocycles. The van der Waals surface area contributed by atoms with E-state index in [4.69, 9.17) is 0 Å². The number of carbonyl (C=O) groups is 1. The van der Waals surface area contributed by atoms with E-state index in [0.717, 1.165) is 10.6 Å². The lowest BCUT2D eigenvalue weighted by molar-refractivity contribution is -0.291. The van der Waals surface area contributed by atoms with E-state index in [1.54, 1.807) is 0 Å². The van der Waals surface area contributed by atoms with E-state index in [0.29, 0.717) is 12.8 Å². The second-order valence-corrected chi connectivity index (χ2v) is 6.75. The number of piperidine rings is 1. The van der Waals surface area contributed by atoms with Crippen molar-refractivity contribution in [3.8, 4) is 0 Å². The van der Waals surface area contributed by atoms with Crippen LogP contribution in [0.25, 0.3) is 0 Å². The second kappa shape index (κ2) is 4.73. The van der Waals surface area contributed by atoms with Crippen LogP contribution in [-0.2, 0) is 5.21 Å². The molecule has 2 rings (SSSR count). The first kappa shape index (κ1) is 14.2. The lowest BCUT2D eigenvalue weighted by atomic mass is 9.73. The third kappa shape index (κ3) is 2.72. The van der Waals surface area contributed by atoms with Gasteiger partial charge in [0, 0.05) is 22.6 Å². The van der Waals surface area contributed by atoms with Gasteiger partial charge < -0.3 is 0 Å². The minimum atomic E-state index is -0.489. The van der Waals surface area contributed by atoms with Gasteiger partial charge >= 0.3 is 0 Å². The van der Waals surface area contributed by atoms with Crippen LogP contribution in [0.1, 0.15) is 50.9 Å². The molecule has 1 aromatic carbocycles. The van der Waals surface area contributed by atoms with E-state index in [1.165, 1.54) is 0 Å². The number of benzene rings is 1. The first-order chi connectivity index (χ1) is 8.74. The topological polar surface area (TPSA) is 40.2 Å². The summed E-state index contributed by atoms with van der Waals surface area (Å²) in [5.41, 5.74) is -0.230. The summed E-state index contributed by atoms with van der Waals surface area (Å²) >= 11 is 0. The molecule has 1 fully saturated rings. The molecule has 0 spiro atoms. The van der Waals surface area contributed by atoms with Crippen LogP contribution in [0.4, 0.5) is 0 Å². The van der Waals surface area contributed by atoms with Gasteiger partial charge in [0.15, 0.2) is 5.78 Å². The third-order valence-corrected chi connectivity index (χ3v) is 4.02. The van der Waals surface area contributed by atoms with Crippen molar-refractivity contribution in [1.82, 2.24) is 5.06 Å². The lowest BCUT2D eigenvalue weighted by Crippen LogP contribution is -2.59. The third-order valence-electron chi connectivity index (χ3n) is 4.02. The van der Waals surface area contributed by atoms with E-state index < -0.39 is 11.1 Å². The van der Waals surface area contributed by atoms with Crippen LogP contribution in [0.15, 0.2) is 30.3 Å². The fourth-order valence-corrected chi connectivity index (χ4v) is 3.29. The number of hydrogen-bond acceptors (Lipinski definition) is 2. The molecule has 1 aromatic rings. The average molecular weight is 260 g/mol. The predicted molar refractivity (Wildman–Crippen MR) is 74.2 cm³/mol. The number of rotatable bonds is 2.